The lowest BCUT2D eigenvalue weighted by Crippen LogP contribution is -2.40. The van der Waals surface area contributed by atoms with Crippen LogP contribution in [0.2, 0.25) is 0 Å². The number of aliphatic imine (C=N–C) groups is 1. The van der Waals surface area contributed by atoms with Crippen LogP contribution in [0.25, 0.3) is 0 Å². The van der Waals surface area contributed by atoms with Gasteiger partial charge in [0.1, 0.15) is 0 Å². The Morgan fingerprint density at radius 2 is 2.14 bits per heavy atom. The van der Waals surface area contributed by atoms with E-state index in [1.54, 1.807) is 0 Å². The summed E-state index contributed by atoms with van der Waals surface area (Å²) in [6.07, 6.45) is 4.60. The molecule has 2 rings (SSSR count). The summed E-state index contributed by atoms with van der Waals surface area (Å²) in [4.78, 5) is 7.06. The van der Waals surface area contributed by atoms with Gasteiger partial charge in [0.2, 0.25) is 0 Å². The average molecular weight is 405 g/mol. The third-order valence-corrected chi connectivity index (χ3v) is 5.27. The van der Waals surface area contributed by atoms with Gasteiger partial charge in [-0.1, -0.05) is 30.3 Å². The van der Waals surface area contributed by atoms with E-state index in [9.17, 15) is 0 Å². The van der Waals surface area contributed by atoms with Gasteiger partial charge in [-0.05, 0) is 52.1 Å². The Balaban J connectivity index is 1.59. The predicted octanol–water partition coefficient (Wildman–Crippen LogP) is 3.04. The first-order valence-corrected chi connectivity index (χ1v) is 11.1. The monoisotopic (exact) mass is 404 g/mol. The molecule has 1 aliphatic rings. The lowest BCUT2D eigenvalue weighted by atomic mass is 10.1. The molecule has 1 aromatic carbocycles. The number of hydrogen-bond donors (Lipinski definition) is 2. The minimum atomic E-state index is 0.305. The fraction of sp³-hybridized carbons (Fsp3) is 0.696. The highest BCUT2D eigenvalue weighted by Gasteiger charge is 2.15. The zero-order valence-corrected chi connectivity index (χ0v) is 18.5. The zero-order valence-electron chi connectivity index (χ0n) is 18.5. The van der Waals surface area contributed by atoms with Crippen LogP contribution < -0.4 is 10.6 Å². The summed E-state index contributed by atoms with van der Waals surface area (Å²) >= 11 is 0. The predicted molar refractivity (Wildman–Crippen MR) is 120 cm³/mol. The molecule has 0 aromatic heterocycles. The molecule has 0 bridgehead atoms. The highest BCUT2D eigenvalue weighted by molar-refractivity contribution is 5.79. The fourth-order valence-electron chi connectivity index (χ4n) is 3.34. The second-order valence-electron chi connectivity index (χ2n) is 7.79. The summed E-state index contributed by atoms with van der Waals surface area (Å²) in [5, 5.41) is 6.78. The highest BCUT2D eigenvalue weighted by Crippen LogP contribution is 2.12. The summed E-state index contributed by atoms with van der Waals surface area (Å²) < 4.78 is 11.3. The normalized spacial score (nSPS) is 18.2. The Hall–Kier alpha value is -1.63. The van der Waals surface area contributed by atoms with Crippen molar-refractivity contribution in [1.82, 2.24) is 15.5 Å². The van der Waals surface area contributed by atoms with Crippen LogP contribution in [0.4, 0.5) is 0 Å². The van der Waals surface area contributed by atoms with Gasteiger partial charge in [0.15, 0.2) is 5.96 Å². The number of nitrogens with one attached hydrogen (secondary N) is 2. The number of guanidine groups is 1. The zero-order chi connectivity index (χ0) is 20.7. The molecule has 1 saturated heterocycles. The van der Waals surface area contributed by atoms with Crippen LogP contribution in [0, 0.1) is 0 Å². The first kappa shape index (κ1) is 23.6. The van der Waals surface area contributed by atoms with Crippen LogP contribution in [-0.4, -0.2) is 69.5 Å². The van der Waals surface area contributed by atoms with Gasteiger partial charge in [-0.2, -0.15) is 0 Å². The van der Waals surface area contributed by atoms with Gasteiger partial charge >= 0.3 is 0 Å². The number of ether oxygens (including phenoxy) is 2. The Bertz CT molecular complexity index is 561. The third-order valence-electron chi connectivity index (χ3n) is 5.27. The van der Waals surface area contributed by atoms with Gasteiger partial charge in [-0.15, -0.1) is 0 Å². The summed E-state index contributed by atoms with van der Waals surface area (Å²) in [6, 6.07) is 11.1. The maximum atomic E-state index is 5.71. The molecule has 1 heterocycles. The summed E-state index contributed by atoms with van der Waals surface area (Å²) in [5.74, 6) is 0.893. The molecule has 1 aliphatic heterocycles. The maximum absolute atomic E-state index is 5.71. The van der Waals surface area contributed by atoms with Crippen molar-refractivity contribution in [2.24, 2.45) is 4.99 Å². The van der Waals surface area contributed by atoms with Crippen LogP contribution in [0.15, 0.2) is 35.3 Å². The van der Waals surface area contributed by atoms with Crippen LogP contribution in [0.5, 0.6) is 0 Å². The number of benzene rings is 1. The Morgan fingerprint density at radius 3 is 2.86 bits per heavy atom. The van der Waals surface area contributed by atoms with Crippen LogP contribution in [0.3, 0.4) is 0 Å². The SMILES string of the molecule is CCNC(=NCCCOCC1CCCO1)NCCC(C)N(C)Cc1ccccc1. The molecule has 164 valence electrons. The minimum absolute atomic E-state index is 0.305. The molecule has 2 atom stereocenters. The van der Waals surface area contributed by atoms with E-state index in [4.69, 9.17) is 9.47 Å². The van der Waals surface area contributed by atoms with Gasteiger partial charge in [0.05, 0.1) is 12.7 Å². The smallest absolute Gasteiger partial charge is 0.191 e. The largest absolute Gasteiger partial charge is 0.379 e. The molecule has 2 N–H and O–H groups in total. The molecule has 2 unspecified atom stereocenters. The molecular formula is C23H40N4O2. The molecule has 0 radical (unpaired) electrons. The molecule has 29 heavy (non-hydrogen) atoms. The van der Waals surface area contributed by atoms with Crippen molar-refractivity contribution < 1.29 is 9.47 Å². The molecular weight excluding hydrogens is 364 g/mol. The van der Waals surface area contributed by atoms with Gasteiger partial charge < -0.3 is 20.1 Å². The topological polar surface area (TPSA) is 58.1 Å². The second kappa shape index (κ2) is 14.4. The molecule has 1 fully saturated rings. The van der Waals surface area contributed by atoms with Crippen molar-refractivity contribution >= 4 is 5.96 Å². The molecule has 0 aliphatic carbocycles. The van der Waals surface area contributed by atoms with Crippen molar-refractivity contribution in [2.75, 3.05) is 46.5 Å². The highest BCUT2D eigenvalue weighted by atomic mass is 16.5. The van der Waals surface area contributed by atoms with Crippen molar-refractivity contribution in [3.63, 3.8) is 0 Å². The number of hydrogen-bond acceptors (Lipinski definition) is 4. The fourth-order valence-corrected chi connectivity index (χ4v) is 3.34. The number of rotatable bonds is 13. The van der Waals surface area contributed by atoms with E-state index in [1.165, 1.54) is 5.56 Å². The lowest BCUT2D eigenvalue weighted by molar-refractivity contribution is 0.0171. The van der Waals surface area contributed by atoms with E-state index in [-0.39, 0.29) is 0 Å². The van der Waals surface area contributed by atoms with Gasteiger partial charge in [0.25, 0.3) is 0 Å². The number of nitrogens with zero attached hydrogens (tertiary/aromatic N) is 2. The minimum Gasteiger partial charge on any atom is -0.379 e. The van der Waals surface area contributed by atoms with E-state index < -0.39 is 0 Å². The maximum Gasteiger partial charge on any atom is 0.191 e. The summed E-state index contributed by atoms with van der Waals surface area (Å²) in [6.45, 7) is 10.2. The van der Waals surface area contributed by atoms with Crippen molar-refractivity contribution in [3.05, 3.63) is 35.9 Å². The average Bonchev–Trinajstić information content (AvgIpc) is 3.24. The van der Waals surface area contributed by atoms with E-state index >= 15 is 0 Å². The van der Waals surface area contributed by atoms with E-state index in [0.29, 0.717) is 12.1 Å². The van der Waals surface area contributed by atoms with Crippen molar-refractivity contribution in [2.45, 2.75) is 58.2 Å². The molecule has 0 saturated carbocycles. The van der Waals surface area contributed by atoms with E-state index in [2.05, 4.69) is 71.8 Å². The molecule has 0 spiro atoms. The van der Waals surface area contributed by atoms with E-state index in [1.807, 2.05) is 0 Å². The van der Waals surface area contributed by atoms with Crippen molar-refractivity contribution in [1.29, 1.82) is 0 Å². The molecule has 6 heteroatoms. The van der Waals surface area contributed by atoms with Crippen LogP contribution in [-0.2, 0) is 16.0 Å². The lowest BCUT2D eigenvalue weighted by Gasteiger charge is -2.25. The quantitative estimate of drug-likeness (QED) is 0.301. The van der Waals surface area contributed by atoms with E-state index in [0.717, 1.165) is 77.6 Å². The van der Waals surface area contributed by atoms with Gasteiger partial charge in [-0.3, -0.25) is 9.89 Å². The van der Waals surface area contributed by atoms with Gasteiger partial charge in [0, 0.05) is 45.4 Å². The molecule has 1 aromatic rings. The van der Waals surface area contributed by atoms with Crippen LogP contribution in [0.1, 0.15) is 45.1 Å². The molecule has 0 amide bonds. The Labute approximate surface area is 177 Å². The Kier molecular flexibility index (Phi) is 11.7. The first-order chi connectivity index (χ1) is 14.2. The molecule has 6 nitrogen and oxygen atoms in total. The first-order valence-electron chi connectivity index (χ1n) is 11.1. The third kappa shape index (κ3) is 10.1. The Morgan fingerprint density at radius 1 is 1.31 bits per heavy atom. The standard InChI is InChI=1S/C23H40N4O2/c1-4-24-23(25-14-9-16-28-19-22-12-8-17-29-22)26-15-13-20(2)27(3)18-21-10-6-5-7-11-21/h5-7,10-11,20,22H,4,8-9,12-19H2,1-3H3,(H2,24,25,26). The van der Waals surface area contributed by atoms with Crippen LogP contribution >= 0.6 is 0 Å². The second-order valence-corrected chi connectivity index (χ2v) is 7.79. The van der Waals surface area contributed by atoms with Crippen molar-refractivity contribution in [3.8, 4) is 0 Å². The summed E-state index contributed by atoms with van der Waals surface area (Å²) in [5.41, 5.74) is 1.35. The van der Waals surface area contributed by atoms with Gasteiger partial charge in [-0.25, -0.2) is 0 Å². The summed E-state index contributed by atoms with van der Waals surface area (Å²) in [7, 11) is 2.19.